The molecular weight excluding hydrogens is 407 g/mol. The highest BCUT2D eigenvalue weighted by molar-refractivity contribution is 5.80. The molecule has 0 fully saturated rings. The molecular formula is C20H19F5N4O. The SMILES string of the molecule is CC(NC(=O)Cc1ccc(C(F)(F)F)cc1)c1cc2cnn(CC(C)(F)F)c2cn1. The van der Waals surface area contributed by atoms with Crippen molar-refractivity contribution in [2.24, 2.45) is 0 Å². The van der Waals surface area contributed by atoms with Gasteiger partial charge in [0.25, 0.3) is 5.92 Å². The molecule has 2 heterocycles. The van der Waals surface area contributed by atoms with Crippen LogP contribution in [-0.4, -0.2) is 26.6 Å². The summed E-state index contributed by atoms with van der Waals surface area (Å²) < 4.78 is 65.5. The van der Waals surface area contributed by atoms with Crippen molar-refractivity contribution in [1.82, 2.24) is 20.1 Å². The molecule has 0 radical (unpaired) electrons. The number of carbonyl (C=O) groups is 1. The first-order valence-corrected chi connectivity index (χ1v) is 9.07. The molecule has 0 saturated heterocycles. The molecule has 0 bridgehead atoms. The van der Waals surface area contributed by atoms with Crippen molar-refractivity contribution in [3.8, 4) is 0 Å². The maximum atomic E-state index is 13.2. The topological polar surface area (TPSA) is 59.8 Å². The predicted molar refractivity (Wildman–Crippen MR) is 99.9 cm³/mol. The maximum absolute atomic E-state index is 13.2. The van der Waals surface area contributed by atoms with Crippen LogP contribution in [0.4, 0.5) is 22.0 Å². The number of amides is 1. The van der Waals surface area contributed by atoms with Gasteiger partial charge in [0, 0.05) is 12.3 Å². The first-order chi connectivity index (χ1) is 13.9. The number of aromatic nitrogens is 3. The maximum Gasteiger partial charge on any atom is 0.416 e. The third-order valence-electron chi connectivity index (χ3n) is 4.44. The van der Waals surface area contributed by atoms with Gasteiger partial charge >= 0.3 is 6.18 Å². The van der Waals surface area contributed by atoms with E-state index in [9.17, 15) is 26.7 Å². The smallest absolute Gasteiger partial charge is 0.348 e. The van der Waals surface area contributed by atoms with Crippen LogP contribution in [0, 0.1) is 0 Å². The number of hydrogen-bond donors (Lipinski definition) is 1. The van der Waals surface area contributed by atoms with Crippen LogP contribution in [0.3, 0.4) is 0 Å². The Bertz CT molecular complexity index is 1040. The van der Waals surface area contributed by atoms with Gasteiger partial charge in [0.1, 0.15) is 6.54 Å². The van der Waals surface area contributed by atoms with Gasteiger partial charge < -0.3 is 5.32 Å². The molecule has 1 unspecified atom stereocenters. The Hall–Kier alpha value is -3.04. The molecule has 2 aromatic heterocycles. The third-order valence-corrected chi connectivity index (χ3v) is 4.44. The minimum absolute atomic E-state index is 0.0891. The summed E-state index contributed by atoms with van der Waals surface area (Å²) in [6.07, 6.45) is -1.65. The van der Waals surface area contributed by atoms with Gasteiger partial charge in [-0.3, -0.25) is 14.5 Å². The number of halogens is 5. The van der Waals surface area contributed by atoms with Gasteiger partial charge in [-0.05, 0) is 30.7 Å². The summed E-state index contributed by atoms with van der Waals surface area (Å²) >= 11 is 0. The number of nitrogens with one attached hydrogen (secondary N) is 1. The van der Waals surface area contributed by atoms with Crippen molar-refractivity contribution >= 4 is 16.8 Å². The molecule has 160 valence electrons. The average molecular weight is 426 g/mol. The summed E-state index contributed by atoms with van der Waals surface area (Å²) in [5, 5.41) is 7.28. The van der Waals surface area contributed by atoms with E-state index in [0.717, 1.165) is 19.1 Å². The van der Waals surface area contributed by atoms with Crippen LogP contribution in [0.15, 0.2) is 42.7 Å². The van der Waals surface area contributed by atoms with Crippen molar-refractivity contribution in [3.05, 3.63) is 59.5 Å². The van der Waals surface area contributed by atoms with Crippen LogP contribution >= 0.6 is 0 Å². The second kappa shape index (κ2) is 8.00. The average Bonchev–Trinajstić information content (AvgIpc) is 3.01. The zero-order valence-electron chi connectivity index (χ0n) is 16.2. The van der Waals surface area contributed by atoms with E-state index in [-0.39, 0.29) is 12.3 Å². The van der Waals surface area contributed by atoms with Gasteiger partial charge in [-0.25, -0.2) is 8.78 Å². The van der Waals surface area contributed by atoms with E-state index >= 15 is 0 Å². The van der Waals surface area contributed by atoms with Crippen molar-refractivity contribution in [2.45, 2.75) is 45.0 Å². The fraction of sp³-hybridized carbons (Fsp3) is 0.350. The van der Waals surface area contributed by atoms with Crippen LogP contribution in [0.5, 0.6) is 0 Å². The van der Waals surface area contributed by atoms with Crippen LogP contribution < -0.4 is 5.32 Å². The third kappa shape index (κ3) is 5.31. The first-order valence-electron chi connectivity index (χ1n) is 9.07. The Morgan fingerprint density at radius 2 is 1.80 bits per heavy atom. The monoisotopic (exact) mass is 426 g/mol. The zero-order valence-corrected chi connectivity index (χ0v) is 16.2. The van der Waals surface area contributed by atoms with E-state index in [1.807, 2.05) is 0 Å². The Kier molecular flexibility index (Phi) is 5.78. The number of carbonyl (C=O) groups excluding carboxylic acids is 1. The molecule has 10 heteroatoms. The fourth-order valence-corrected chi connectivity index (χ4v) is 2.98. The number of fused-ring (bicyclic) bond motifs is 1. The van der Waals surface area contributed by atoms with E-state index in [1.54, 1.807) is 13.0 Å². The highest BCUT2D eigenvalue weighted by Gasteiger charge is 2.30. The molecule has 0 aliphatic carbocycles. The van der Waals surface area contributed by atoms with Crippen LogP contribution in [0.2, 0.25) is 0 Å². The Balaban J connectivity index is 1.65. The Labute approximate surface area is 168 Å². The van der Waals surface area contributed by atoms with Gasteiger partial charge in [-0.15, -0.1) is 0 Å². The van der Waals surface area contributed by atoms with Crippen LogP contribution in [0.25, 0.3) is 10.9 Å². The summed E-state index contributed by atoms with van der Waals surface area (Å²) in [6, 6.07) is 5.53. The Morgan fingerprint density at radius 3 is 2.40 bits per heavy atom. The van der Waals surface area contributed by atoms with Gasteiger partial charge in [-0.1, -0.05) is 12.1 Å². The minimum Gasteiger partial charge on any atom is -0.348 e. The molecule has 3 aromatic rings. The summed E-state index contributed by atoms with van der Waals surface area (Å²) in [5.41, 5.74) is 0.617. The summed E-state index contributed by atoms with van der Waals surface area (Å²) in [6.45, 7) is 1.93. The lowest BCUT2D eigenvalue weighted by atomic mass is 10.1. The lowest BCUT2D eigenvalue weighted by Crippen LogP contribution is -2.28. The number of benzene rings is 1. The van der Waals surface area contributed by atoms with Crippen LogP contribution in [-0.2, 0) is 23.9 Å². The van der Waals surface area contributed by atoms with Gasteiger partial charge in [0.2, 0.25) is 5.91 Å². The van der Waals surface area contributed by atoms with Gasteiger partial charge in [0.05, 0.1) is 41.6 Å². The highest BCUT2D eigenvalue weighted by atomic mass is 19.4. The van der Waals surface area contributed by atoms with Crippen molar-refractivity contribution < 1.29 is 26.7 Å². The standard InChI is InChI=1S/C20H19F5N4O/c1-12(28-18(30)7-13-3-5-15(6-4-13)20(23,24)25)16-8-14-9-27-29(11-19(2,21)22)17(14)10-26-16/h3-6,8-10,12H,7,11H2,1-2H3,(H,28,30). The van der Waals surface area contributed by atoms with E-state index < -0.39 is 30.2 Å². The second-order valence-electron chi connectivity index (χ2n) is 7.20. The molecule has 30 heavy (non-hydrogen) atoms. The van der Waals surface area contributed by atoms with Crippen molar-refractivity contribution in [3.63, 3.8) is 0 Å². The molecule has 0 spiro atoms. The predicted octanol–water partition coefficient (Wildman–Crippen LogP) is 4.53. The number of nitrogens with zero attached hydrogens (tertiary/aromatic N) is 3. The summed E-state index contributed by atoms with van der Waals surface area (Å²) in [5.74, 6) is -3.30. The van der Waals surface area contributed by atoms with Crippen molar-refractivity contribution in [1.29, 1.82) is 0 Å². The second-order valence-corrected chi connectivity index (χ2v) is 7.20. The number of hydrogen-bond acceptors (Lipinski definition) is 3. The molecule has 0 aliphatic rings. The lowest BCUT2D eigenvalue weighted by molar-refractivity contribution is -0.137. The Morgan fingerprint density at radius 1 is 1.13 bits per heavy atom. The van der Waals surface area contributed by atoms with E-state index in [0.29, 0.717) is 22.2 Å². The zero-order chi connectivity index (χ0) is 22.1. The van der Waals surface area contributed by atoms with Crippen molar-refractivity contribution in [2.75, 3.05) is 0 Å². The summed E-state index contributed by atoms with van der Waals surface area (Å²) in [4.78, 5) is 16.5. The number of rotatable bonds is 6. The number of pyridine rings is 1. The van der Waals surface area contributed by atoms with E-state index in [4.69, 9.17) is 0 Å². The highest BCUT2D eigenvalue weighted by Crippen LogP contribution is 2.29. The molecule has 5 nitrogen and oxygen atoms in total. The van der Waals surface area contributed by atoms with Gasteiger partial charge in [-0.2, -0.15) is 18.3 Å². The lowest BCUT2D eigenvalue weighted by Gasteiger charge is -2.14. The van der Waals surface area contributed by atoms with E-state index in [1.165, 1.54) is 29.2 Å². The molecule has 1 aromatic carbocycles. The molecule has 0 aliphatic heterocycles. The normalized spacial score (nSPS) is 13.4. The molecule has 3 rings (SSSR count). The largest absolute Gasteiger partial charge is 0.416 e. The quantitative estimate of drug-likeness (QED) is 0.590. The molecule has 1 amide bonds. The first kappa shape index (κ1) is 21.7. The van der Waals surface area contributed by atoms with Crippen LogP contribution in [0.1, 0.15) is 36.7 Å². The number of alkyl halides is 5. The molecule has 1 atom stereocenters. The summed E-state index contributed by atoms with van der Waals surface area (Å²) in [7, 11) is 0. The molecule has 1 N–H and O–H groups in total. The minimum atomic E-state index is -4.43. The van der Waals surface area contributed by atoms with E-state index in [2.05, 4.69) is 15.4 Å². The fourth-order valence-electron chi connectivity index (χ4n) is 2.98. The van der Waals surface area contributed by atoms with Gasteiger partial charge in [0.15, 0.2) is 0 Å². The molecule has 0 saturated carbocycles.